The van der Waals surface area contributed by atoms with Gasteiger partial charge in [-0.25, -0.2) is 14.4 Å². The molecule has 0 bridgehead atoms. The summed E-state index contributed by atoms with van der Waals surface area (Å²) >= 11 is 0. The summed E-state index contributed by atoms with van der Waals surface area (Å²) in [6.07, 6.45) is 5.46. The van der Waals surface area contributed by atoms with Crippen molar-refractivity contribution >= 4 is 23.9 Å². The highest BCUT2D eigenvalue weighted by molar-refractivity contribution is 5.94. The van der Waals surface area contributed by atoms with Gasteiger partial charge < -0.3 is 25.4 Å². The molecule has 9 nitrogen and oxygen atoms in total. The second-order valence-corrected chi connectivity index (χ2v) is 9.86. The van der Waals surface area contributed by atoms with Crippen LogP contribution in [0.4, 0.5) is 4.79 Å². The largest absolute Gasteiger partial charge is 0.463 e. The van der Waals surface area contributed by atoms with Crippen LogP contribution in [0.2, 0.25) is 0 Å². The number of carbonyl (C=O) groups excluding carboxylic acids is 4. The van der Waals surface area contributed by atoms with E-state index in [9.17, 15) is 19.2 Å². The number of amides is 3. The molecule has 39 heavy (non-hydrogen) atoms. The summed E-state index contributed by atoms with van der Waals surface area (Å²) in [6.45, 7) is 3.77. The summed E-state index contributed by atoms with van der Waals surface area (Å²) < 4.78 is 10.9. The zero-order chi connectivity index (χ0) is 27.8. The molecule has 2 aromatic carbocycles. The Morgan fingerprint density at radius 3 is 2.33 bits per heavy atom. The van der Waals surface area contributed by atoms with E-state index < -0.39 is 30.1 Å². The molecular weight excluding hydrogens is 498 g/mol. The van der Waals surface area contributed by atoms with Gasteiger partial charge in [0.1, 0.15) is 0 Å². The van der Waals surface area contributed by atoms with Crippen LogP contribution in [0.25, 0.3) is 0 Å². The van der Waals surface area contributed by atoms with Crippen LogP contribution < -0.4 is 16.0 Å². The molecule has 1 saturated carbocycles. The Balaban J connectivity index is 1.51. The molecule has 2 aromatic rings. The van der Waals surface area contributed by atoms with Crippen LogP contribution in [0.3, 0.4) is 0 Å². The smallest absolute Gasteiger partial charge is 0.338 e. The minimum atomic E-state index is -1.01. The minimum absolute atomic E-state index is 0.0801. The van der Waals surface area contributed by atoms with Gasteiger partial charge in [0, 0.05) is 18.2 Å². The Morgan fingerprint density at radius 1 is 0.974 bits per heavy atom. The van der Waals surface area contributed by atoms with Crippen LogP contribution in [0, 0.1) is 0 Å². The molecule has 3 atom stereocenters. The maximum atomic E-state index is 13.4. The monoisotopic (exact) mass is 533 g/mol. The normalized spacial score (nSPS) is 19.0. The molecule has 2 aliphatic rings. The maximum absolute atomic E-state index is 13.4. The first-order chi connectivity index (χ1) is 18.9. The fraction of sp³-hybridized carbons (Fsp3) is 0.400. The van der Waals surface area contributed by atoms with Gasteiger partial charge in [0.15, 0.2) is 6.10 Å². The van der Waals surface area contributed by atoms with E-state index in [-0.39, 0.29) is 35.6 Å². The van der Waals surface area contributed by atoms with E-state index in [4.69, 9.17) is 9.47 Å². The fourth-order valence-corrected chi connectivity index (χ4v) is 4.97. The zero-order valence-electron chi connectivity index (χ0n) is 22.3. The van der Waals surface area contributed by atoms with Crippen LogP contribution in [0.15, 0.2) is 66.4 Å². The predicted octanol–water partition coefficient (Wildman–Crippen LogP) is 4.27. The quantitative estimate of drug-likeness (QED) is 0.414. The Hall–Kier alpha value is -4.14. The van der Waals surface area contributed by atoms with E-state index in [2.05, 4.69) is 16.0 Å². The number of hydrogen-bond donors (Lipinski definition) is 3. The van der Waals surface area contributed by atoms with E-state index in [1.54, 1.807) is 31.2 Å². The van der Waals surface area contributed by atoms with Crippen molar-refractivity contribution in [3.05, 3.63) is 83.1 Å². The van der Waals surface area contributed by atoms with Crippen molar-refractivity contribution in [2.75, 3.05) is 6.61 Å². The molecule has 3 amide bonds. The van der Waals surface area contributed by atoms with Crippen LogP contribution in [0.5, 0.6) is 0 Å². The maximum Gasteiger partial charge on any atom is 0.338 e. The molecule has 4 rings (SSSR count). The highest BCUT2D eigenvalue weighted by Crippen LogP contribution is 2.27. The van der Waals surface area contributed by atoms with Gasteiger partial charge >= 0.3 is 18.0 Å². The third-order valence-corrected chi connectivity index (χ3v) is 7.16. The third-order valence-electron chi connectivity index (χ3n) is 7.16. The van der Waals surface area contributed by atoms with Gasteiger partial charge in [0.25, 0.3) is 5.91 Å². The van der Waals surface area contributed by atoms with Crippen molar-refractivity contribution in [1.82, 2.24) is 16.0 Å². The number of nitrogens with one attached hydrogen (secondary N) is 3. The van der Waals surface area contributed by atoms with E-state index >= 15 is 0 Å². The van der Waals surface area contributed by atoms with Crippen LogP contribution in [-0.2, 0) is 19.1 Å². The number of esters is 2. The minimum Gasteiger partial charge on any atom is -0.463 e. The molecular formula is C30H35N3O6. The molecule has 9 heteroatoms. The lowest BCUT2D eigenvalue weighted by Gasteiger charge is -2.28. The van der Waals surface area contributed by atoms with E-state index in [0.29, 0.717) is 5.56 Å². The van der Waals surface area contributed by atoms with Crippen molar-refractivity contribution < 1.29 is 28.7 Å². The number of hydrogen-bond acceptors (Lipinski definition) is 6. The molecule has 0 aromatic heterocycles. The molecule has 0 radical (unpaired) electrons. The number of benzene rings is 2. The molecule has 1 aliphatic carbocycles. The summed E-state index contributed by atoms with van der Waals surface area (Å²) in [5.41, 5.74) is 1.97. The molecule has 0 spiro atoms. The SMILES string of the molecule is CCOC(=O)C1=CNC(=O)NC1c1ccc(C(=O)OC(C(=O)NC2CCCCC2)C(C)c2ccccc2)cc1. The Kier molecular flexibility index (Phi) is 9.35. The van der Waals surface area contributed by atoms with Crippen LogP contribution in [0.1, 0.15) is 79.4 Å². The molecule has 0 saturated heterocycles. The van der Waals surface area contributed by atoms with E-state index in [1.807, 2.05) is 37.3 Å². The van der Waals surface area contributed by atoms with Gasteiger partial charge in [-0.3, -0.25) is 4.79 Å². The molecule has 1 fully saturated rings. The van der Waals surface area contributed by atoms with Crippen molar-refractivity contribution in [1.29, 1.82) is 0 Å². The lowest BCUT2D eigenvalue weighted by molar-refractivity contribution is -0.139. The van der Waals surface area contributed by atoms with Crippen molar-refractivity contribution in [3.8, 4) is 0 Å². The Bertz CT molecular complexity index is 1200. The average molecular weight is 534 g/mol. The lowest BCUT2D eigenvalue weighted by atomic mass is 9.92. The Labute approximate surface area is 228 Å². The molecule has 206 valence electrons. The number of ether oxygens (including phenoxy) is 2. The number of carbonyl (C=O) groups is 4. The van der Waals surface area contributed by atoms with Crippen molar-refractivity contribution in [3.63, 3.8) is 0 Å². The first-order valence-electron chi connectivity index (χ1n) is 13.5. The predicted molar refractivity (Wildman–Crippen MR) is 145 cm³/mol. The average Bonchev–Trinajstić information content (AvgIpc) is 2.96. The van der Waals surface area contributed by atoms with Gasteiger partial charge in [0.2, 0.25) is 0 Å². The summed E-state index contributed by atoms with van der Waals surface area (Å²) in [5.74, 6) is -1.85. The van der Waals surface area contributed by atoms with Gasteiger partial charge in [-0.15, -0.1) is 0 Å². The zero-order valence-corrected chi connectivity index (χ0v) is 22.3. The molecule has 3 unspecified atom stereocenters. The standard InChI is InChI=1S/C30H35N3O6/c1-3-38-29(36)24-18-31-30(37)33-25(24)21-14-16-22(17-15-21)28(35)39-26(19(2)20-10-6-4-7-11-20)27(34)32-23-12-8-5-9-13-23/h4,6-7,10-11,14-19,23,25-26H,3,5,8-9,12-13H2,1-2H3,(H,32,34)(H2,31,33,37). The molecule has 1 heterocycles. The molecule has 3 N–H and O–H groups in total. The summed E-state index contributed by atoms with van der Waals surface area (Å²) in [5, 5.41) is 8.26. The third kappa shape index (κ3) is 7.04. The lowest BCUT2D eigenvalue weighted by Crippen LogP contribution is -2.46. The summed E-state index contributed by atoms with van der Waals surface area (Å²) in [6, 6.07) is 14.8. The topological polar surface area (TPSA) is 123 Å². The second-order valence-electron chi connectivity index (χ2n) is 9.86. The van der Waals surface area contributed by atoms with Crippen molar-refractivity contribution in [2.24, 2.45) is 0 Å². The van der Waals surface area contributed by atoms with E-state index in [0.717, 1.165) is 31.2 Å². The van der Waals surface area contributed by atoms with Gasteiger partial charge in [-0.1, -0.05) is 68.7 Å². The van der Waals surface area contributed by atoms with Gasteiger partial charge in [-0.2, -0.15) is 0 Å². The number of rotatable bonds is 9. The number of urea groups is 1. The first kappa shape index (κ1) is 27.9. The van der Waals surface area contributed by atoms with E-state index in [1.165, 1.54) is 12.6 Å². The summed E-state index contributed by atoms with van der Waals surface area (Å²) in [7, 11) is 0. The van der Waals surface area contributed by atoms with Crippen LogP contribution in [-0.4, -0.2) is 42.6 Å². The highest BCUT2D eigenvalue weighted by Gasteiger charge is 2.33. The second kappa shape index (κ2) is 13.1. The molecule has 1 aliphatic heterocycles. The van der Waals surface area contributed by atoms with Gasteiger partial charge in [-0.05, 0) is 43.0 Å². The summed E-state index contributed by atoms with van der Waals surface area (Å²) in [4.78, 5) is 50.9. The fourth-order valence-electron chi connectivity index (χ4n) is 4.97. The van der Waals surface area contributed by atoms with Gasteiger partial charge in [0.05, 0.1) is 23.8 Å². The Morgan fingerprint density at radius 2 is 1.67 bits per heavy atom. The highest BCUT2D eigenvalue weighted by atomic mass is 16.5. The first-order valence-corrected chi connectivity index (χ1v) is 13.5. The van der Waals surface area contributed by atoms with Crippen LogP contribution >= 0.6 is 0 Å². The van der Waals surface area contributed by atoms with Crippen molar-refractivity contribution in [2.45, 2.75) is 70.1 Å².